The molecule has 7 nitrogen and oxygen atoms in total. The van der Waals surface area contributed by atoms with Crippen molar-refractivity contribution in [1.82, 2.24) is 15.1 Å². The Morgan fingerprint density at radius 1 is 1.43 bits per heavy atom. The van der Waals surface area contributed by atoms with Crippen LogP contribution in [0.5, 0.6) is 0 Å². The van der Waals surface area contributed by atoms with Crippen LogP contribution in [0, 0.1) is 6.92 Å². The molecule has 21 heavy (non-hydrogen) atoms. The Balaban J connectivity index is 1.80. The van der Waals surface area contributed by atoms with Crippen molar-refractivity contribution in [3.05, 3.63) is 17.5 Å². The van der Waals surface area contributed by atoms with Crippen molar-refractivity contribution in [3.63, 3.8) is 0 Å². The van der Waals surface area contributed by atoms with E-state index in [-0.39, 0.29) is 17.9 Å². The van der Waals surface area contributed by atoms with Gasteiger partial charge in [0, 0.05) is 32.5 Å². The molecule has 1 aromatic heterocycles. The van der Waals surface area contributed by atoms with Gasteiger partial charge in [-0.15, -0.1) is 0 Å². The number of hydrogen-bond acceptors (Lipinski definition) is 5. The van der Waals surface area contributed by atoms with Crippen LogP contribution in [0.15, 0.2) is 15.7 Å². The molecule has 0 aliphatic carbocycles. The standard InChI is InChI=1S/C14H18N4O3/c1-9-8-11(16-21-9)12-4-3-7-18(12)14(20)10-5-6-13(19)17(2)15-10/h8,12H,3-7H2,1-2H3. The van der Waals surface area contributed by atoms with E-state index in [1.807, 2.05) is 13.0 Å². The van der Waals surface area contributed by atoms with Crippen LogP contribution in [-0.2, 0) is 9.59 Å². The van der Waals surface area contributed by atoms with E-state index in [2.05, 4.69) is 10.3 Å². The monoisotopic (exact) mass is 290 g/mol. The van der Waals surface area contributed by atoms with Crippen molar-refractivity contribution in [2.75, 3.05) is 13.6 Å². The lowest BCUT2D eigenvalue weighted by Crippen LogP contribution is -2.40. The first kappa shape index (κ1) is 13.8. The lowest BCUT2D eigenvalue weighted by atomic mass is 10.1. The van der Waals surface area contributed by atoms with Gasteiger partial charge in [-0.3, -0.25) is 9.59 Å². The molecule has 1 aromatic rings. The van der Waals surface area contributed by atoms with Crippen molar-refractivity contribution >= 4 is 17.5 Å². The van der Waals surface area contributed by atoms with E-state index in [0.29, 0.717) is 25.1 Å². The molecular formula is C14H18N4O3. The van der Waals surface area contributed by atoms with Crippen molar-refractivity contribution in [2.45, 2.75) is 38.6 Å². The van der Waals surface area contributed by atoms with Gasteiger partial charge in [0.05, 0.1) is 6.04 Å². The van der Waals surface area contributed by atoms with Gasteiger partial charge in [0.1, 0.15) is 17.2 Å². The summed E-state index contributed by atoms with van der Waals surface area (Å²) in [4.78, 5) is 25.9. The van der Waals surface area contributed by atoms with Crippen LogP contribution in [-0.4, -0.2) is 46.2 Å². The normalized spacial score (nSPS) is 22.7. The van der Waals surface area contributed by atoms with Gasteiger partial charge in [-0.2, -0.15) is 5.10 Å². The molecular weight excluding hydrogens is 272 g/mol. The number of hydrogen-bond donors (Lipinski definition) is 0. The van der Waals surface area contributed by atoms with Gasteiger partial charge in [-0.25, -0.2) is 5.01 Å². The lowest BCUT2D eigenvalue weighted by molar-refractivity contribution is -0.130. The van der Waals surface area contributed by atoms with E-state index >= 15 is 0 Å². The predicted octanol–water partition coefficient (Wildman–Crippen LogP) is 1.25. The first-order valence-electron chi connectivity index (χ1n) is 7.14. The van der Waals surface area contributed by atoms with Crippen LogP contribution in [0.1, 0.15) is 43.2 Å². The highest BCUT2D eigenvalue weighted by molar-refractivity contribution is 6.39. The van der Waals surface area contributed by atoms with Crippen LogP contribution in [0.25, 0.3) is 0 Å². The summed E-state index contributed by atoms with van der Waals surface area (Å²) in [7, 11) is 1.58. The minimum atomic E-state index is -0.0995. The number of aromatic nitrogens is 1. The number of amides is 2. The van der Waals surface area contributed by atoms with E-state index in [4.69, 9.17) is 4.52 Å². The molecule has 0 bridgehead atoms. The Kier molecular flexibility index (Phi) is 3.48. The molecule has 0 N–H and O–H groups in total. The summed E-state index contributed by atoms with van der Waals surface area (Å²) < 4.78 is 5.11. The molecule has 0 radical (unpaired) electrons. The zero-order chi connectivity index (χ0) is 15.0. The Labute approximate surface area is 122 Å². The maximum Gasteiger partial charge on any atom is 0.270 e. The van der Waals surface area contributed by atoms with Gasteiger partial charge in [0.15, 0.2) is 0 Å². The average Bonchev–Trinajstić information content (AvgIpc) is 3.09. The van der Waals surface area contributed by atoms with Crippen molar-refractivity contribution in [3.8, 4) is 0 Å². The van der Waals surface area contributed by atoms with Gasteiger partial charge in [-0.05, 0) is 19.8 Å². The van der Waals surface area contributed by atoms with Crippen molar-refractivity contribution < 1.29 is 14.1 Å². The molecule has 7 heteroatoms. The van der Waals surface area contributed by atoms with E-state index in [1.165, 1.54) is 5.01 Å². The third kappa shape index (κ3) is 2.55. The highest BCUT2D eigenvalue weighted by Crippen LogP contribution is 2.32. The number of hydrazone groups is 1. The average molecular weight is 290 g/mol. The van der Waals surface area contributed by atoms with Crippen LogP contribution < -0.4 is 0 Å². The third-order valence-electron chi connectivity index (χ3n) is 3.96. The zero-order valence-electron chi connectivity index (χ0n) is 12.2. The summed E-state index contributed by atoms with van der Waals surface area (Å²) in [6.07, 6.45) is 2.55. The highest BCUT2D eigenvalue weighted by Gasteiger charge is 2.35. The van der Waals surface area contributed by atoms with Crippen LogP contribution >= 0.6 is 0 Å². The van der Waals surface area contributed by atoms with Gasteiger partial charge in [0.2, 0.25) is 5.91 Å². The predicted molar refractivity (Wildman–Crippen MR) is 74.4 cm³/mol. The molecule has 1 atom stereocenters. The molecule has 1 unspecified atom stereocenters. The fraction of sp³-hybridized carbons (Fsp3) is 0.571. The molecule has 3 heterocycles. The Morgan fingerprint density at radius 3 is 2.90 bits per heavy atom. The number of nitrogens with zero attached hydrogens (tertiary/aromatic N) is 4. The van der Waals surface area contributed by atoms with Crippen LogP contribution in [0.2, 0.25) is 0 Å². The lowest BCUT2D eigenvalue weighted by Gasteiger charge is -2.26. The number of likely N-dealkylation sites (tertiary alicyclic amines) is 1. The molecule has 0 spiro atoms. The molecule has 2 aliphatic heterocycles. The molecule has 1 saturated heterocycles. The Morgan fingerprint density at radius 2 is 2.24 bits per heavy atom. The fourth-order valence-electron chi connectivity index (χ4n) is 2.85. The summed E-state index contributed by atoms with van der Waals surface area (Å²) in [6.45, 7) is 2.52. The first-order chi connectivity index (χ1) is 10.1. The molecule has 3 rings (SSSR count). The SMILES string of the molecule is Cc1cc(C2CCCN2C(=O)C2=NN(C)C(=O)CC2)no1. The molecule has 112 valence electrons. The van der Waals surface area contributed by atoms with E-state index in [0.717, 1.165) is 24.3 Å². The minimum absolute atomic E-state index is 0.0550. The summed E-state index contributed by atoms with van der Waals surface area (Å²) in [5, 5.41) is 9.39. The summed E-state index contributed by atoms with van der Waals surface area (Å²) in [5.41, 5.74) is 1.24. The number of aryl methyl sites for hydroxylation is 1. The quantitative estimate of drug-likeness (QED) is 0.821. The maximum absolute atomic E-state index is 12.6. The highest BCUT2D eigenvalue weighted by atomic mass is 16.5. The maximum atomic E-state index is 12.6. The van der Waals surface area contributed by atoms with E-state index in [9.17, 15) is 9.59 Å². The largest absolute Gasteiger partial charge is 0.361 e. The summed E-state index contributed by atoms with van der Waals surface area (Å²) >= 11 is 0. The molecule has 2 amide bonds. The number of carbonyl (C=O) groups excluding carboxylic acids is 2. The van der Waals surface area contributed by atoms with Crippen LogP contribution in [0.3, 0.4) is 0 Å². The number of rotatable bonds is 2. The Hall–Kier alpha value is -2.18. The van der Waals surface area contributed by atoms with E-state index in [1.54, 1.807) is 11.9 Å². The van der Waals surface area contributed by atoms with Gasteiger partial charge in [-0.1, -0.05) is 5.16 Å². The van der Waals surface area contributed by atoms with Gasteiger partial charge >= 0.3 is 0 Å². The van der Waals surface area contributed by atoms with Gasteiger partial charge < -0.3 is 9.42 Å². The topological polar surface area (TPSA) is 79.0 Å². The molecule has 0 aromatic carbocycles. The second-order valence-electron chi connectivity index (χ2n) is 5.48. The molecule has 2 aliphatic rings. The number of carbonyl (C=O) groups is 2. The first-order valence-corrected chi connectivity index (χ1v) is 7.14. The molecule has 0 saturated carbocycles. The second-order valence-corrected chi connectivity index (χ2v) is 5.48. The minimum Gasteiger partial charge on any atom is -0.361 e. The zero-order valence-corrected chi connectivity index (χ0v) is 12.2. The summed E-state index contributed by atoms with van der Waals surface area (Å²) in [5.74, 6) is 0.582. The van der Waals surface area contributed by atoms with Crippen LogP contribution in [0.4, 0.5) is 0 Å². The second kappa shape index (κ2) is 5.31. The van der Waals surface area contributed by atoms with Crippen molar-refractivity contribution in [2.24, 2.45) is 5.10 Å². The van der Waals surface area contributed by atoms with E-state index < -0.39 is 0 Å². The summed E-state index contributed by atoms with van der Waals surface area (Å²) in [6, 6.07) is 1.81. The fourth-order valence-corrected chi connectivity index (χ4v) is 2.85. The van der Waals surface area contributed by atoms with Crippen molar-refractivity contribution in [1.29, 1.82) is 0 Å². The Bertz CT molecular complexity index is 607. The van der Waals surface area contributed by atoms with Gasteiger partial charge in [0.25, 0.3) is 5.91 Å². The molecule has 1 fully saturated rings. The third-order valence-corrected chi connectivity index (χ3v) is 3.96. The smallest absolute Gasteiger partial charge is 0.270 e.